The highest BCUT2D eigenvalue weighted by Crippen LogP contribution is 2.25. The topological polar surface area (TPSA) is 21.3 Å². The summed E-state index contributed by atoms with van der Waals surface area (Å²) < 4.78 is 5.17. The van der Waals surface area contributed by atoms with Crippen LogP contribution in [-0.2, 0) is 0 Å². The molecule has 3 heteroatoms. The van der Waals surface area contributed by atoms with Gasteiger partial charge in [0.05, 0.1) is 7.11 Å². The van der Waals surface area contributed by atoms with Crippen molar-refractivity contribution in [3.8, 4) is 5.75 Å². The van der Waals surface area contributed by atoms with Crippen LogP contribution in [0.2, 0.25) is 0 Å². The third kappa shape index (κ3) is 3.60. The van der Waals surface area contributed by atoms with Crippen LogP contribution in [0.25, 0.3) is 0 Å². The highest BCUT2D eigenvalue weighted by atomic mass is 32.2. The summed E-state index contributed by atoms with van der Waals surface area (Å²) in [6.07, 6.45) is 0. The molecule has 1 aromatic rings. The van der Waals surface area contributed by atoms with E-state index in [9.17, 15) is 0 Å². The molecule has 0 saturated heterocycles. The monoisotopic (exact) mass is 211 g/mol. The molecule has 0 fully saturated rings. The highest BCUT2D eigenvalue weighted by molar-refractivity contribution is 8.00. The SMILES string of the molecule is CNCC(C)Sc1cccc(OC)c1. The van der Waals surface area contributed by atoms with Gasteiger partial charge >= 0.3 is 0 Å². The second kappa shape index (κ2) is 5.94. The van der Waals surface area contributed by atoms with E-state index in [0.29, 0.717) is 5.25 Å². The van der Waals surface area contributed by atoms with E-state index < -0.39 is 0 Å². The van der Waals surface area contributed by atoms with Gasteiger partial charge in [0.1, 0.15) is 5.75 Å². The van der Waals surface area contributed by atoms with Gasteiger partial charge in [-0.2, -0.15) is 0 Å². The van der Waals surface area contributed by atoms with Gasteiger partial charge in [-0.15, -0.1) is 11.8 Å². The van der Waals surface area contributed by atoms with Crippen LogP contribution >= 0.6 is 11.8 Å². The van der Waals surface area contributed by atoms with E-state index in [1.54, 1.807) is 7.11 Å². The van der Waals surface area contributed by atoms with Crippen molar-refractivity contribution in [3.63, 3.8) is 0 Å². The Labute approximate surface area is 90.0 Å². The third-order valence-electron chi connectivity index (χ3n) is 1.87. The summed E-state index contributed by atoms with van der Waals surface area (Å²) in [6.45, 7) is 3.22. The molecule has 14 heavy (non-hydrogen) atoms. The second-order valence-corrected chi connectivity index (χ2v) is 4.68. The van der Waals surface area contributed by atoms with Gasteiger partial charge in [-0.3, -0.25) is 0 Å². The van der Waals surface area contributed by atoms with Crippen LogP contribution in [0.4, 0.5) is 0 Å². The summed E-state index contributed by atoms with van der Waals surface area (Å²) in [5.74, 6) is 0.923. The molecular weight excluding hydrogens is 194 g/mol. The predicted octanol–water partition coefficient (Wildman–Crippen LogP) is 2.40. The lowest BCUT2D eigenvalue weighted by Gasteiger charge is -2.10. The molecule has 0 radical (unpaired) electrons. The van der Waals surface area contributed by atoms with Crippen molar-refractivity contribution < 1.29 is 4.74 Å². The van der Waals surface area contributed by atoms with Crippen LogP contribution in [0, 0.1) is 0 Å². The van der Waals surface area contributed by atoms with Crippen LogP contribution in [-0.4, -0.2) is 26.0 Å². The zero-order valence-corrected chi connectivity index (χ0v) is 9.73. The minimum Gasteiger partial charge on any atom is -0.497 e. The van der Waals surface area contributed by atoms with E-state index >= 15 is 0 Å². The number of ether oxygens (including phenoxy) is 1. The number of nitrogens with one attached hydrogen (secondary N) is 1. The Morgan fingerprint density at radius 2 is 2.29 bits per heavy atom. The lowest BCUT2D eigenvalue weighted by molar-refractivity contribution is 0.413. The second-order valence-electron chi connectivity index (χ2n) is 3.17. The average Bonchev–Trinajstić information content (AvgIpc) is 2.18. The Kier molecular flexibility index (Phi) is 4.84. The molecule has 0 heterocycles. The summed E-state index contributed by atoms with van der Waals surface area (Å²) in [7, 11) is 3.67. The van der Waals surface area contributed by atoms with Crippen molar-refractivity contribution in [2.75, 3.05) is 20.7 Å². The van der Waals surface area contributed by atoms with E-state index in [1.807, 2.05) is 30.9 Å². The molecule has 0 aliphatic heterocycles. The zero-order chi connectivity index (χ0) is 10.4. The van der Waals surface area contributed by atoms with Crippen LogP contribution in [0.5, 0.6) is 5.75 Å². The molecule has 0 spiro atoms. The standard InChI is InChI=1S/C11H17NOS/c1-9(8-12-2)14-11-6-4-5-10(7-11)13-3/h4-7,9,12H,8H2,1-3H3. The van der Waals surface area contributed by atoms with Crippen molar-refractivity contribution in [2.24, 2.45) is 0 Å². The Morgan fingerprint density at radius 1 is 1.50 bits per heavy atom. The van der Waals surface area contributed by atoms with Crippen molar-refractivity contribution in [1.82, 2.24) is 5.32 Å². The molecule has 2 nitrogen and oxygen atoms in total. The first kappa shape index (κ1) is 11.4. The van der Waals surface area contributed by atoms with Crippen molar-refractivity contribution >= 4 is 11.8 Å². The van der Waals surface area contributed by atoms with Gasteiger partial charge in [0.15, 0.2) is 0 Å². The molecule has 1 N–H and O–H groups in total. The number of hydrogen-bond acceptors (Lipinski definition) is 3. The quantitative estimate of drug-likeness (QED) is 0.756. The van der Waals surface area contributed by atoms with Crippen LogP contribution < -0.4 is 10.1 Å². The normalized spacial score (nSPS) is 12.5. The molecule has 0 aliphatic rings. The van der Waals surface area contributed by atoms with Gasteiger partial charge in [0.2, 0.25) is 0 Å². The smallest absolute Gasteiger partial charge is 0.119 e. The molecule has 1 aromatic carbocycles. The lowest BCUT2D eigenvalue weighted by atomic mass is 10.3. The largest absolute Gasteiger partial charge is 0.497 e. The van der Waals surface area contributed by atoms with Crippen molar-refractivity contribution in [2.45, 2.75) is 17.1 Å². The summed E-state index contributed by atoms with van der Waals surface area (Å²) in [4.78, 5) is 1.26. The number of rotatable bonds is 5. The van der Waals surface area contributed by atoms with Crippen molar-refractivity contribution in [1.29, 1.82) is 0 Å². The van der Waals surface area contributed by atoms with Gasteiger partial charge in [-0.05, 0) is 25.2 Å². The summed E-state index contributed by atoms with van der Waals surface area (Å²) in [6, 6.07) is 8.16. The van der Waals surface area contributed by atoms with E-state index in [4.69, 9.17) is 4.74 Å². The maximum atomic E-state index is 5.17. The first-order valence-corrected chi connectivity index (χ1v) is 5.59. The molecule has 1 rings (SSSR count). The molecular formula is C11H17NOS. The average molecular weight is 211 g/mol. The Bertz CT molecular complexity index is 278. The number of benzene rings is 1. The minimum atomic E-state index is 0.576. The fraction of sp³-hybridized carbons (Fsp3) is 0.455. The number of thioether (sulfide) groups is 1. The Morgan fingerprint density at radius 3 is 2.93 bits per heavy atom. The molecule has 0 aliphatic carbocycles. The summed E-state index contributed by atoms with van der Waals surface area (Å²) >= 11 is 1.86. The molecule has 78 valence electrons. The first-order chi connectivity index (χ1) is 6.76. The zero-order valence-electron chi connectivity index (χ0n) is 8.91. The van der Waals surface area contributed by atoms with Gasteiger partial charge in [-0.1, -0.05) is 13.0 Å². The van der Waals surface area contributed by atoms with Crippen LogP contribution in [0.1, 0.15) is 6.92 Å². The van der Waals surface area contributed by atoms with E-state index in [-0.39, 0.29) is 0 Å². The van der Waals surface area contributed by atoms with Crippen molar-refractivity contribution in [3.05, 3.63) is 24.3 Å². The van der Waals surface area contributed by atoms with Gasteiger partial charge in [-0.25, -0.2) is 0 Å². The molecule has 0 saturated carbocycles. The minimum absolute atomic E-state index is 0.576. The first-order valence-electron chi connectivity index (χ1n) is 4.71. The van der Waals surface area contributed by atoms with Gasteiger partial charge in [0, 0.05) is 16.7 Å². The van der Waals surface area contributed by atoms with E-state index in [2.05, 4.69) is 24.4 Å². The number of hydrogen-bond donors (Lipinski definition) is 1. The van der Waals surface area contributed by atoms with Crippen LogP contribution in [0.15, 0.2) is 29.2 Å². The highest BCUT2D eigenvalue weighted by Gasteiger charge is 2.03. The Balaban J connectivity index is 2.57. The van der Waals surface area contributed by atoms with Gasteiger partial charge in [0.25, 0.3) is 0 Å². The molecule has 1 atom stereocenters. The Hall–Kier alpha value is -0.670. The van der Waals surface area contributed by atoms with E-state index in [1.165, 1.54) is 4.90 Å². The number of methoxy groups -OCH3 is 1. The third-order valence-corrected chi connectivity index (χ3v) is 2.97. The molecule has 0 amide bonds. The lowest BCUT2D eigenvalue weighted by Crippen LogP contribution is -2.17. The van der Waals surface area contributed by atoms with Gasteiger partial charge < -0.3 is 10.1 Å². The maximum absolute atomic E-state index is 5.17. The molecule has 0 bridgehead atoms. The maximum Gasteiger partial charge on any atom is 0.119 e. The van der Waals surface area contributed by atoms with Crippen LogP contribution in [0.3, 0.4) is 0 Å². The summed E-state index contributed by atoms with van der Waals surface area (Å²) in [5, 5.41) is 3.74. The molecule has 1 unspecified atom stereocenters. The fourth-order valence-electron chi connectivity index (χ4n) is 1.24. The predicted molar refractivity (Wildman–Crippen MR) is 62.2 cm³/mol. The summed E-state index contributed by atoms with van der Waals surface area (Å²) in [5.41, 5.74) is 0. The fourth-order valence-corrected chi connectivity index (χ4v) is 2.29. The molecule has 0 aromatic heterocycles. The van der Waals surface area contributed by atoms with E-state index in [0.717, 1.165) is 12.3 Å².